The van der Waals surface area contributed by atoms with Crippen molar-refractivity contribution in [1.82, 2.24) is 0 Å². The number of hydrogen-bond acceptors (Lipinski definition) is 7. The number of methoxy groups -OCH3 is 3. The summed E-state index contributed by atoms with van der Waals surface area (Å²) < 4.78 is 14.6. The Morgan fingerprint density at radius 1 is 0.929 bits per heavy atom. The van der Waals surface area contributed by atoms with Crippen LogP contribution in [0.3, 0.4) is 0 Å². The van der Waals surface area contributed by atoms with Crippen LogP contribution in [0.25, 0.3) is 0 Å². The molecule has 0 aliphatic rings. The van der Waals surface area contributed by atoms with E-state index in [-0.39, 0.29) is 23.4 Å². The summed E-state index contributed by atoms with van der Waals surface area (Å²) in [6.07, 6.45) is 0. The first-order valence-electron chi connectivity index (χ1n) is 8.07. The molecule has 0 atom stereocenters. The summed E-state index contributed by atoms with van der Waals surface area (Å²) in [5.74, 6) is -1.21. The first-order chi connectivity index (χ1) is 13.4. The van der Waals surface area contributed by atoms with Crippen molar-refractivity contribution in [3.8, 4) is 5.75 Å². The number of benzene rings is 2. The topological polar surface area (TPSA) is 103 Å². The Morgan fingerprint density at radius 2 is 1.64 bits per heavy atom. The number of halogens is 1. The molecule has 2 aromatic rings. The summed E-state index contributed by atoms with van der Waals surface area (Å²) >= 11 is 5.96. The zero-order valence-corrected chi connectivity index (χ0v) is 16.3. The first kappa shape index (κ1) is 21.0. The fourth-order valence-corrected chi connectivity index (χ4v) is 2.54. The van der Waals surface area contributed by atoms with E-state index in [1.807, 2.05) is 0 Å². The zero-order valence-electron chi connectivity index (χ0n) is 15.5. The van der Waals surface area contributed by atoms with Crippen molar-refractivity contribution in [3.63, 3.8) is 0 Å². The van der Waals surface area contributed by atoms with Gasteiger partial charge in [0.05, 0.1) is 50.4 Å². The predicted molar refractivity (Wildman–Crippen MR) is 104 cm³/mol. The van der Waals surface area contributed by atoms with E-state index in [0.29, 0.717) is 16.5 Å². The summed E-state index contributed by atoms with van der Waals surface area (Å²) in [6.45, 7) is -0.139. The number of anilines is 2. The Labute approximate surface area is 166 Å². The quantitative estimate of drug-likeness (QED) is 0.681. The maximum atomic E-state index is 12.4. The van der Waals surface area contributed by atoms with Crippen LogP contribution in [0, 0.1) is 0 Å². The molecule has 8 nitrogen and oxygen atoms in total. The van der Waals surface area contributed by atoms with Crippen LogP contribution < -0.4 is 15.4 Å². The van der Waals surface area contributed by atoms with E-state index >= 15 is 0 Å². The van der Waals surface area contributed by atoms with Crippen molar-refractivity contribution in [1.29, 1.82) is 0 Å². The van der Waals surface area contributed by atoms with Gasteiger partial charge < -0.3 is 24.8 Å². The number of carbonyl (C=O) groups is 3. The average molecular weight is 407 g/mol. The lowest BCUT2D eigenvalue weighted by atomic mass is 10.1. The van der Waals surface area contributed by atoms with Gasteiger partial charge in [0.25, 0.3) is 0 Å². The van der Waals surface area contributed by atoms with Crippen LogP contribution in [0.4, 0.5) is 11.4 Å². The Balaban J connectivity index is 2.19. The lowest BCUT2D eigenvalue weighted by Gasteiger charge is -2.13. The normalized spacial score (nSPS) is 10.0. The van der Waals surface area contributed by atoms with Gasteiger partial charge in [0.15, 0.2) is 0 Å². The Hall–Kier alpha value is -3.26. The number of carbonyl (C=O) groups excluding carboxylic acids is 3. The molecule has 0 aliphatic heterocycles. The average Bonchev–Trinajstić information content (AvgIpc) is 2.71. The molecule has 0 bridgehead atoms. The minimum Gasteiger partial charge on any atom is -0.495 e. The fourth-order valence-electron chi connectivity index (χ4n) is 2.37. The van der Waals surface area contributed by atoms with E-state index in [1.165, 1.54) is 39.5 Å². The zero-order chi connectivity index (χ0) is 20.7. The molecule has 2 N–H and O–H groups in total. The van der Waals surface area contributed by atoms with Crippen LogP contribution in [0.15, 0.2) is 36.4 Å². The van der Waals surface area contributed by atoms with Crippen molar-refractivity contribution in [2.24, 2.45) is 0 Å². The van der Waals surface area contributed by atoms with Gasteiger partial charge >= 0.3 is 11.9 Å². The number of amides is 1. The van der Waals surface area contributed by atoms with Crippen molar-refractivity contribution in [3.05, 3.63) is 52.5 Å². The molecule has 0 radical (unpaired) electrons. The molecule has 0 fully saturated rings. The number of rotatable bonds is 7. The van der Waals surface area contributed by atoms with Gasteiger partial charge in [-0.1, -0.05) is 11.6 Å². The third-order valence-corrected chi connectivity index (χ3v) is 3.96. The molecule has 148 valence electrons. The highest BCUT2D eigenvalue weighted by molar-refractivity contribution is 6.31. The lowest BCUT2D eigenvalue weighted by Crippen LogP contribution is -2.23. The van der Waals surface area contributed by atoms with Crippen LogP contribution in [-0.4, -0.2) is 45.7 Å². The fraction of sp³-hybridized carbons (Fsp3) is 0.211. The van der Waals surface area contributed by atoms with Gasteiger partial charge in [0.2, 0.25) is 5.91 Å². The highest BCUT2D eigenvalue weighted by Gasteiger charge is 2.17. The molecule has 2 aromatic carbocycles. The van der Waals surface area contributed by atoms with Gasteiger partial charge in [-0.15, -0.1) is 0 Å². The second-order valence-corrected chi connectivity index (χ2v) is 5.93. The molecule has 0 saturated heterocycles. The standard InChI is InChI=1S/C19H19ClN2O6/c1-26-16-7-5-12(20)9-15(16)21-10-17(23)22-14-8-11(18(24)27-2)4-6-13(14)19(25)28-3/h4-9,21H,10H2,1-3H3,(H,22,23). The minimum absolute atomic E-state index is 0.101. The summed E-state index contributed by atoms with van der Waals surface area (Å²) in [5.41, 5.74) is 0.931. The largest absolute Gasteiger partial charge is 0.495 e. The molecule has 0 unspecified atom stereocenters. The minimum atomic E-state index is -0.656. The van der Waals surface area contributed by atoms with E-state index in [0.717, 1.165) is 0 Å². The molecular weight excluding hydrogens is 388 g/mol. The third-order valence-electron chi connectivity index (χ3n) is 3.72. The summed E-state index contributed by atoms with van der Waals surface area (Å²) in [4.78, 5) is 36.0. The summed E-state index contributed by atoms with van der Waals surface area (Å²) in [7, 11) is 3.95. The number of ether oxygens (including phenoxy) is 3. The SMILES string of the molecule is COC(=O)c1ccc(C(=O)OC)c(NC(=O)CNc2cc(Cl)ccc2OC)c1. The van der Waals surface area contributed by atoms with E-state index in [1.54, 1.807) is 18.2 Å². The van der Waals surface area contributed by atoms with Gasteiger partial charge in [0, 0.05) is 5.02 Å². The van der Waals surface area contributed by atoms with E-state index in [4.69, 9.17) is 21.1 Å². The molecule has 0 aromatic heterocycles. The molecule has 9 heteroatoms. The second-order valence-electron chi connectivity index (χ2n) is 5.49. The van der Waals surface area contributed by atoms with E-state index in [9.17, 15) is 14.4 Å². The molecule has 28 heavy (non-hydrogen) atoms. The van der Waals surface area contributed by atoms with Crippen LogP contribution in [0.2, 0.25) is 5.02 Å². The number of nitrogens with one attached hydrogen (secondary N) is 2. The lowest BCUT2D eigenvalue weighted by molar-refractivity contribution is -0.114. The van der Waals surface area contributed by atoms with Crippen LogP contribution in [0.5, 0.6) is 5.75 Å². The maximum absolute atomic E-state index is 12.4. The van der Waals surface area contributed by atoms with Gasteiger partial charge in [0.1, 0.15) is 5.75 Å². The monoisotopic (exact) mass is 406 g/mol. The van der Waals surface area contributed by atoms with Crippen molar-refractivity contribution in [2.45, 2.75) is 0 Å². The number of esters is 2. The highest BCUT2D eigenvalue weighted by Crippen LogP contribution is 2.27. The smallest absolute Gasteiger partial charge is 0.339 e. The van der Waals surface area contributed by atoms with Gasteiger partial charge in [-0.05, 0) is 36.4 Å². The molecule has 0 spiro atoms. The predicted octanol–water partition coefficient (Wildman–Crippen LogP) is 2.97. The highest BCUT2D eigenvalue weighted by atomic mass is 35.5. The maximum Gasteiger partial charge on any atom is 0.339 e. The van der Waals surface area contributed by atoms with E-state index in [2.05, 4.69) is 15.4 Å². The summed E-state index contributed by atoms with van der Waals surface area (Å²) in [6, 6.07) is 9.07. The van der Waals surface area contributed by atoms with E-state index < -0.39 is 17.8 Å². The molecular formula is C19H19ClN2O6. The Bertz CT molecular complexity index is 900. The van der Waals surface area contributed by atoms with Crippen molar-refractivity contribution in [2.75, 3.05) is 38.5 Å². The Morgan fingerprint density at radius 3 is 2.29 bits per heavy atom. The molecule has 0 heterocycles. The van der Waals surface area contributed by atoms with Gasteiger partial charge in [-0.3, -0.25) is 4.79 Å². The van der Waals surface area contributed by atoms with Gasteiger partial charge in [-0.2, -0.15) is 0 Å². The first-order valence-corrected chi connectivity index (χ1v) is 8.45. The van der Waals surface area contributed by atoms with Crippen LogP contribution in [0.1, 0.15) is 20.7 Å². The number of hydrogen-bond donors (Lipinski definition) is 2. The second kappa shape index (κ2) is 9.61. The third kappa shape index (κ3) is 5.14. The molecule has 2 rings (SSSR count). The summed E-state index contributed by atoms with van der Waals surface area (Å²) in [5, 5.41) is 5.97. The molecule has 1 amide bonds. The van der Waals surface area contributed by atoms with Crippen molar-refractivity contribution >= 4 is 40.8 Å². The van der Waals surface area contributed by atoms with Crippen LogP contribution in [-0.2, 0) is 14.3 Å². The van der Waals surface area contributed by atoms with Crippen LogP contribution >= 0.6 is 11.6 Å². The molecule has 0 aliphatic carbocycles. The van der Waals surface area contributed by atoms with Gasteiger partial charge in [-0.25, -0.2) is 9.59 Å². The van der Waals surface area contributed by atoms with Crippen molar-refractivity contribution < 1.29 is 28.6 Å². The molecule has 0 saturated carbocycles. The Kier molecular flexibility index (Phi) is 7.22.